The number of halogens is 1. The van der Waals surface area contributed by atoms with E-state index in [9.17, 15) is 4.79 Å². The number of hydrogen-bond donors (Lipinski definition) is 0. The SMILES string of the molecule is COc1ccc2c(c1)C(c1cccc(Cl)c1)N(C(=O)C1CCCO1)CC2. The summed E-state index contributed by atoms with van der Waals surface area (Å²) in [5, 5.41) is 0.669. The minimum Gasteiger partial charge on any atom is -0.497 e. The number of hydrogen-bond acceptors (Lipinski definition) is 3. The van der Waals surface area contributed by atoms with Crippen molar-refractivity contribution >= 4 is 17.5 Å². The first-order chi connectivity index (χ1) is 12.7. The molecule has 1 fully saturated rings. The van der Waals surface area contributed by atoms with Gasteiger partial charge in [0, 0.05) is 18.2 Å². The van der Waals surface area contributed by atoms with E-state index in [1.165, 1.54) is 5.56 Å². The lowest BCUT2D eigenvalue weighted by Crippen LogP contribution is -2.45. The summed E-state index contributed by atoms with van der Waals surface area (Å²) in [6, 6.07) is 13.7. The summed E-state index contributed by atoms with van der Waals surface area (Å²) in [5.74, 6) is 0.864. The topological polar surface area (TPSA) is 38.8 Å². The summed E-state index contributed by atoms with van der Waals surface area (Å²) in [4.78, 5) is 15.1. The van der Waals surface area contributed by atoms with E-state index < -0.39 is 0 Å². The van der Waals surface area contributed by atoms with Gasteiger partial charge < -0.3 is 14.4 Å². The molecule has 2 aromatic carbocycles. The Morgan fingerprint density at radius 2 is 2.15 bits per heavy atom. The van der Waals surface area contributed by atoms with E-state index in [-0.39, 0.29) is 18.1 Å². The van der Waals surface area contributed by atoms with Crippen LogP contribution in [0.5, 0.6) is 5.75 Å². The Morgan fingerprint density at radius 3 is 2.88 bits per heavy atom. The molecule has 0 bridgehead atoms. The summed E-state index contributed by atoms with van der Waals surface area (Å²) < 4.78 is 11.1. The minimum atomic E-state index is -0.330. The molecule has 2 heterocycles. The summed E-state index contributed by atoms with van der Waals surface area (Å²) >= 11 is 6.25. The third-order valence-electron chi connectivity index (χ3n) is 5.23. The fraction of sp³-hybridized carbons (Fsp3) is 0.381. The maximum Gasteiger partial charge on any atom is 0.252 e. The highest BCUT2D eigenvalue weighted by molar-refractivity contribution is 6.30. The molecule has 0 saturated carbocycles. The molecule has 0 spiro atoms. The molecule has 0 aliphatic carbocycles. The highest BCUT2D eigenvalue weighted by Gasteiger charge is 2.37. The van der Waals surface area contributed by atoms with Gasteiger partial charge in [0.15, 0.2) is 0 Å². The van der Waals surface area contributed by atoms with Gasteiger partial charge in [-0.1, -0.05) is 29.8 Å². The van der Waals surface area contributed by atoms with Crippen LogP contribution in [0.2, 0.25) is 5.02 Å². The lowest BCUT2D eigenvalue weighted by molar-refractivity contribution is -0.143. The van der Waals surface area contributed by atoms with Crippen LogP contribution < -0.4 is 4.74 Å². The fourth-order valence-electron chi connectivity index (χ4n) is 3.95. The zero-order chi connectivity index (χ0) is 18.1. The molecule has 2 aliphatic heterocycles. The zero-order valence-corrected chi connectivity index (χ0v) is 15.5. The second-order valence-electron chi connectivity index (χ2n) is 6.81. The predicted molar refractivity (Wildman–Crippen MR) is 101 cm³/mol. The van der Waals surface area contributed by atoms with Gasteiger partial charge in [-0.05, 0) is 60.2 Å². The molecule has 2 unspecified atom stereocenters. The molecule has 26 heavy (non-hydrogen) atoms. The highest BCUT2D eigenvalue weighted by atomic mass is 35.5. The first-order valence-electron chi connectivity index (χ1n) is 9.02. The van der Waals surface area contributed by atoms with Crippen LogP contribution in [0.25, 0.3) is 0 Å². The van der Waals surface area contributed by atoms with Crippen molar-refractivity contribution in [2.45, 2.75) is 31.4 Å². The molecule has 2 atom stereocenters. The molecular weight excluding hydrogens is 350 g/mol. The van der Waals surface area contributed by atoms with Crippen molar-refractivity contribution in [1.82, 2.24) is 4.90 Å². The van der Waals surface area contributed by atoms with Crippen molar-refractivity contribution < 1.29 is 14.3 Å². The molecular formula is C21H22ClNO3. The first-order valence-corrected chi connectivity index (χ1v) is 9.39. The van der Waals surface area contributed by atoms with Crippen LogP contribution in [0.1, 0.15) is 35.6 Å². The van der Waals surface area contributed by atoms with Gasteiger partial charge in [0.2, 0.25) is 0 Å². The van der Waals surface area contributed by atoms with Gasteiger partial charge in [-0.3, -0.25) is 4.79 Å². The number of rotatable bonds is 3. The number of carbonyl (C=O) groups is 1. The van der Waals surface area contributed by atoms with Gasteiger partial charge in [-0.15, -0.1) is 0 Å². The van der Waals surface area contributed by atoms with Crippen LogP contribution in [0.4, 0.5) is 0 Å². The molecule has 1 saturated heterocycles. The normalized spacial score (nSPS) is 22.2. The smallest absolute Gasteiger partial charge is 0.252 e. The number of amides is 1. The molecule has 4 nitrogen and oxygen atoms in total. The van der Waals surface area contributed by atoms with E-state index in [1.807, 2.05) is 41.3 Å². The Balaban J connectivity index is 1.79. The van der Waals surface area contributed by atoms with Crippen molar-refractivity contribution in [2.24, 2.45) is 0 Å². The van der Waals surface area contributed by atoms with Crippen molar-refractivity contribution in [1.29, 1.82) is 0 Å². The molecule has 4 rings (SSSR count). The number of carbonyl (C=O) groups excluding carboxylic acids is 1. The minimum absolute atomic E-state index is 0.0703. The Hall–Kier alpha value is -2.04. The second-order valence-corrected chi connectivity index (χ2v) is 7.24. The molecule has 0 radical (unpaired) electrons. The van der Waals surface area contributed by atoms with Gasteiger partial charge in [0.1, 0.15) is 11.9 Å². The highest BCUT2D eigenvalue weighted by Crippen LogP contribution is 2.38. The average Bonchev–Trinajstić information content (AvgIpc) is 3.20. The van der Waals surface area contributed by atoms with Gasteiger partial charge in [0.25, 0.3) is 5.91 Å². The van der Waals surface area contributed by atoms with Crippen LogP contribution in [-0.4, -0.2) is 37.2 Å². The number of benzene rings is 2. The van der Waals surface area contributed by atoms with E-state index in [1.54, 1.807) is 7.11 Å². The van der Waals surface area contributed by atoms with Crippen LogP contribution in [0.15, 0.2) is 42.5 Å². The van der Waals surface area contributed by atoms with E-state index in [0.717, 1.165) is 36.1 Å². The molecule has 1 amide bonds. The third-order valence-corrected chi connectivity index (χ3v) is 5.47. The van der Waals surface area contributed by atoms with Crippen LogP contribution in [0.3, 0.4) is 0 Å². The third kappa shape index (κ3) is 3.19. The van der Waals surface area contributed by atoms with Gasteiger partial charge in [0.05, 0.1) is 13.2 Å². The van der Waals surface area contributed by atoms with Crippen LogP contribution in [-0.2, 0) is 16.0 Å². The summed E-state index contributed by atoms with van der Waals surface area (Å²) in [5.41, 5.74) is 3.36. The lowest BCUT2D eigenvalue weighted by Gasteiger charge is -2.39. The van der Waals surface area contributed by atoms with E-state index >= 15 is 0 Å². The lowest BCUT2D eigenvalue weighted by atomic mass is 9.87. The van der Waals surface area contributed by atoms with Crippen LogP contribution >= 0.6 is 11.6 Å². The van der Waals surface area contributed by atoms with Gasteiger partial charge in [-0.25, -0.2) is 0 Å². The Morgan fingerprint density at radius 1 is 1.27 bits per heavy atom. The van der Waals surface area contributed by atoms with Crippen molar-refractivity contribution in [3.63, 3.8) is 0 Å². The average molecular weight is 372 g/mol. The van der Waals surface area contributed by atoms with Crippen molar-refractivity contribution in [3.05, 3.63) is 64.2 Å². The Labute approximate surface area is 158 Å². The fourth-order valence-corrected chi connectivity index (χ4v) is 4.15. The van der Waals surface area contributed by atoms with Crippen molar-refractivity contribution in [2.75, 3.05) is 20.3 Å². The number of methoxy groups -OCH3 is 1. The quantitative estimate of drug-likeness (QED) is 0.818. The van der Waals surface area contributed by atoms with Crippen LogP contribution in [0, 0.1) is 0 Å². The monoisotopic (exact) mass is 371 g/mol. The molecule has 5 heteroatoms. The standard InChI is InChI=1S/C21H22ClNO3/c1-25-17-8-7-14-9-10-23(21(24)19-6-3-11-26-19)20(18(14)13-17)15-4-2-5-16(22)12-15/h2,4-5,7-8,12-13,19-20H,3,6,9-11H2,1H3. The molecule has 136 valence electrons. The largest absolute Gasteiger partial charge is 0.497 e. The Bertz CT molecular complexity index is 817. The predicted octanol–water partition coefficient (Wildman–Crippen LogP) is 4.00. The first kappa shape index (κ1) is 17.4. The molecule has 0 N–H and O–H groups in total. The molecule has 2 aromatic rings. The number of ether oxygens (including phenoxy) is 2. The zero-order valence-electron chi connectivity index (χ0n) is 14.8. The maximum absolute atomic E-state index is 13.2. The number of nitrogens with zero attached hydrogens (tertiary/aromatic N) is 1. The summed E-state index contributed by atoms with van der Waals surface area (Å²) in [6.07, 6.45) is 2.23. The van der Waals surface area contributed by atoms with Gasteiger partial charge in [-0.2, -0.15) is 0 Å². The van der Waals surface area contributed by atoms with E-state index in [4.69, 9.17) is 21.1 Å². The second kappa shape index (κ2) is 7.29. The summed E-state index contributed by atoms with van der Waals surface area (Å²) in [6.45, 7) is 1.34. The molecule has 2 aliphatic rings. The van der Waals surface area contributed by atoms with E-state index in [0.29, 0.717) is 18.2 Å². The van der Waals surface area contributed by atoms with Crippen molar-refractivity contribution in [3.8, 4) is 5.75 Å². The molecule has 0 aromatic heterocycles. The number of fused-ring (bicyclic) bond motifs is 1. The Kier molecular flexibility index (Phi) is 4.88. The van der Waals surface area contributed by atoms with Gasteiger partial charge >= 0.3 is 0 Å². The summed E-state index contributed by atoms with van der Waals surface area (Å²) in [7, 11) is 1.66. The maximum atomic E-state index is 13.2. The van der Waals surface area contributed by atoms with E-state index in [2.05, 4.69) is 6.07 Å².